The van der Waals surface area contributed by atoms with Crippen LogP contribution in [0.15, 0.2) is 30.0 Å². The summed E-state index contributed by atoms with van der Waals surface area (Å²) in [4.78, 5) is 28.0. The van der Waals surface area contributed by atoms with Crippen LogP contribution >= 0.6 is 22.9 Å². The van der Waals surface area contributed by atoms with E-state index in [4.69, 9.17) is 21.1 Å². The third-order valence-corrected chi connectivity index (χ3v) is 3.87. The molecule has 1 aromatic carbocycles. The molecule has 0 aliphatic carbocycles. The molecule has 0 saturated carbocycles. The number of ether oxygens (including phenoxy) is 2. The van der Waals surface area contributed by atoms with E-state index in [9.17, 15) is 9.59 Å². The summed E-state index contributed by atoms with van der Waals surface area (Å²) in [7, 11) is 0. The second kappa shape index (κ2) is 7.94. The summed E-state index contributed by atoms with van der Waals surface area (Å²) in [5.41, 5.74) is 0.551. The van der Waals surface area contributed by atoms with E-state index in [-0.39, 0.29) is 18.8 Å². The first kappa shape index (κ1) is 17.2. The van der Waals surface area contributed by atoms with Gasteiger partial charge >= 0.3 is 11.9 Å². The molecule has 0 radical (unpaired) electrons. The monoisotopic (exact) mass is 354 g/mol. The molecule has 2 aromatic rings. The molecule has 0 saturated heterocycles. The number of halogens is 1. The van der Waals surface area contributed by atoms with Gasteiger partial charge in [0, 0.05) is 11.2 Å². The third kappa shape index (κ3) is 4.43. The number of carbonyl (C=O) groups is 2. The topological polar surface area (TPSA) is 77.5 Å². The molecule has 8 heteroatoms. The van der Waals surface area contributed by atoms with Crippen LogP contribution < -0.4 is 5.32 Å². The maximum atomic E-state index is 11.8. The van der Waals surface area contributed by atoms with Crippen LogP contribution in [0.5, 0.6) is 0 Å². The van der Waals surface area contributed by atoms with Crippen LogP contribution in [-0.4, -0.2) is 30.1 Å². The second-order valence-corrected chi connectivity index (χ2v) is 5.74. The van der Waals surface area contributed by atoms with E-state index in [0.29, 0.717) is 10.2 Å². The van der Waals surface area contributed by atoms with Gasteiger partial charge in [0.2, 0.25) is 0 Å². The zero-order valence-electron chi connectivity index (χ0n) is 12.6. The second-order valence-electron chi connectivity index (χ2n) is 4.27. The highest BCUT2D eigenvalue weighted by molar-refractivity contribution is 7.22. The molecule has 0 bridgehead atoms. The van der Waals surface area contributed by atoms with Crippen LogP contribution in [0.3, 0.4) is 0 Å². The van der Waals surface area contributed by atoms with Crippen LogP contribution in [0, 0.1) is 0 Å². The molecule has 2 rings (SSSR count). The van der Waals surface area contributed by atoms with Crippen LogP contribution in [-0.2, 0) is 19.1 Å². The average Bonchev–Trinajstić information content (AvgIpc) is 2.89. The van der Waals surface area contributed by atoms with Crippen LogP contribution in [0.4, 0.5) is 5.13 Å². The van der Waals surface area contributed by atoms with Crippen molar-refractivity contribution in [2.24, 2.45) is 0 Å². The first-order chi connectivity index (χ1) is 11.0. The summed E-state index contributed by atoms with van der Waals surface area (Å²) >= 11 is 7.28. The fourth-order valence-electron chi connectivity index (χ4n) is 1.71. The molecule has 0 unspecified atom stereocenters. The van der Waals surface area contributed by atoms with E-state index in [0.717, 1.165) is 10.2 Å². The van der Waals surface area contributed by atoms with Gasteiger partial charge in [-0.25, -0.2) is 14.6 Å². The highest BCUT2D eigenvalue weighted by Gasteiger charge is 2.21. The Bertz CT molecular complexity index is 737. The van der Waals surface area contributed by atoms with Crippen molar-refractivity contribution in [3.05, 3.63) is 35.0 Å². The van der Waals surface area contributed by atoms with Gasteiger partial charge in [0.1, 0.15) is 0 Å². The molecule has 0 aliphatic rings. The lowest BCUT2D eigenvalue weighted by molar-refractivity contribution is -0.146. The van der Waals surface area contributed by atoms with Gasteiger partial charge in [-0.3, -0.25) is 0 Å². The zero-order chi connectivity index (χ0) is 16.8. The molecule has 1 N–H and O–H groups in total. The highest BCUT2D eigenvalue weighted by atomic mass is 35.5. The molecule has 122 valence electrons. The average molecular weight is 355 g/mol. The molecule has 0 fully saturated rings. The number of hydrogen-bond acceptors (Lipinski definition) is 7. The van der Waals surface area contributed by atoms with Gasteiger partial charge in [-0.2, -0.15) is 0 Å². The lowest BCUT2D eigenvalue weighted by atomic mass is 10.3. The van der Waals surface area contributed by atoms with E-state index in [1.54, 1.807) is 32.0 Å². The van der Waals surface area contributed by atoms with Crippen molar-refractivity contribution < 1.29 is 19.1 Å². The van der Waals surface area contributed by atoms with Crippen molar-refractivity contribution in [2.75, 3.05) is 18.5 Å². The number of hydrogen-bond donors (Lipinski definition) is 1. The Labute approximate surface area is 142 Å². The number of benzene rings is 1. The lowest BCUT2D eigenvalue weighted by Crippen LogP contribution is -2.19. The highest BCUT2D eigenvalue weighted by Crippen LogP contribution is 2.28. The minimum atomic E-state index is -0.748. The standard InChI is InChI=1S/C15H15ClN2O4S/c1-3-21-13(19)10(14(20)22-4-2)8-17-15-18-11-6-5-9(16)7-12(11)23-15/h5-8H,3-4H2,1-2H3,(H,17,18). The Kier molecular flexibility index (Phi) is 5.95. The Balaban J connectivity index is 2.23. The summed E-state index contributed by atoms with van der Waals surface area (Å²) < 4.78 is 10.6. The predicted molar refractivity (Wildman–Crippen MR) is 89.6 cm³/mol. The number of carbonyl (C=O) groups excluding carboxylic acids is 2. The maximum Gasteiger partial charge on any atom is 0.347 e. The first-order valence-electron chi connectivity index (χ1n) is 6.92. The van der Waals surface area contributed by atoms with Gasteiger partial charge in [0.25, 0.3) is 0 Å². The Morgan fingerprint density at radius 2 is 1.91 bits per heavy atom. The maximum absolute atomic E-state index is 11.8. The van der Waals surface area contributed by atoms with Crippen LogP contribution in [0.1, 0.15) is 13.8 Å². The van der Waals surface area contributed by atoms with Crippen molar-refractivity contribution in [1.29, 1.82) is 0 Å². The Morgan fingerprint density at radius 3 is 2.52 bits per heavy atom. The van der Waals surface area contributed by atoms with Gasteiger partial charge < -0.3 is 14.8 Å². The number of nitrogens with one attached hydrogen (secondary N) is 1. The van der Waals surface area contributed by atoms with Crippen molar-refractivity contribution >= 4 is 50.2 Å². The smallest absolute Gasteiger partial charge is 0.347 e. The number of thiazole rings is 1. The van der Waals surface area contributed by atoms with E-state index >= 15 is 0 Å². The van der Waals surface area contributed by atoms with Crippen molar-refractivity contribution in [3.8, 4) is 0 Å². The predicted octanol–water partition coefficient (Wildman–Crippen LogP) is 3.37. The molecule has 0 spiro atoms. The molecule has 0 atom stereocenters. The Hall–Kier alpha value is -2.12. The lowest BCUT2D eigenvalue weighted by Gasteiger charge is -2.06. The summed E-state index contributed by atoms with van der Waals surface area (Å²) in [6.07, 6.45) is 1.25. The third-order valence-electron chi connectivity index (χ3n) is 2.68. The van der Waals surface area contributed by atoms with Gasteiger partial charge in [0.15, 0.2) is 10.7 Å². The van der Waals surface area contributed by atoms with Crippen molar-refractivity contribution in [1.82, 2.24) is 4.98 Å². The number of esters is 2. The zero-order valence-corrected chi connectivity index (χ0v) is 14.2. The van der Waals surface area contributed by atoms with Crippen molar-refractivity contribution in [2.45, 2.75) is 13.8 Å². The summed E-state index contributed by atoms with van der Waals surface area (Å²) in [5, 5.41) is 3.97. The molecular weight excluding hydrogens is 340 g/mol. The molecule has 1 aromatic heterocycles. The van der Waals surface area contributed by atoms with E-state index in [1.807, 2.05) is 0 Å². The number of rotatable bonds is 6. The minimum Gasteiger partial charge on any atom is -0.462 e. The molecule has 23 heavy (non-hydrogen) atoms. The number of fused-ring (bicyclic) bond motifs is 1. The molecule has 0 aliphatic heterocycles. The Morgan fingerprint density at radius 1 is 1.26 bits per heavy atom. The molecule has 0 amide bonds. The number of anilines is 1. The van der Waals surface area contributed by atoms with Crippen molar-refractivity contribution in [3.63, 3.8) is 0 Å². The number of nitrogens with zero attached hydrogens (tertiary/aromatic N) is 1. The van der Waals surface area contributed by atoms with Crippen LogP contribution in [0.2, 0.25) is 5.02 Å². The largest absolute Gasteiger partial charge is 0.462 e. The fraction of sp³-hybridized carbons (Fsp3) is 0.267. The quantitative estimate of drug-likeness (QED) is 0.371. The summed E-state index contributed by atoms with van der Waals surface area (Å²) in [6, 6.07) is 5.33. The summed E-state index contributed by atoms with van der Waals surface area (Å²) in [6.45, 7) is 3.64. The van der Waals surface area contributed by atoms with E-state index in [1.165, 1.54) is 17.5 Å². The van der Waals surface area contributed by atoms with Gasteiger partial charge in [-0.05, 0) is 32.0 Å². The molecule has 6 nitrogen and oxygen atoms in total. The summed E-state index contributed by atoms with van der Waals surface area (Å²) in [5.74, 6) is -1.50. The van der Waals surface area contributed by atoms with Gasteiger partial charge in [-0.1, -0.05) is 22.9 Å². The first-order valence-corrected chi connectivity index (χ1v) is 8.11. The fourth-order valence-corrected chi connectivity index (χ4v) is 2.82. The number of aromatic nitrogens is 1. The SMILES string of the molecule is CCOC(=O)C(=CNc1nc2ccc(Cl)cc2s1)C(=O)OCC. The van der Waals surface area contributed by atoms with E-state index < -0.39 is 11.9 Å². The van der Waals surface area contributed by atoms with Crippen LogP contribution in [0.25, 0.3) is 10.2 Å². The van der Waals surface area contributed by atoms with E-state index in [2.05, 4.69) is 10.3 Å². The molecule has 1 heterocycles. The van der Waals surface area contributed by atoms with Gasteiger partial charge in [-0.15, -0.1) is 0 Å². The minimum absolute atomic E-state index is 0.162. The van der Waals surface area contributed by atoms with Gasteiger partial charge in [0.05, 0.1) is 23.4 Å². The normalized spacial score (nSPS) is 10.2. The molecular formula is C15H15ClN2O4S.